The fourth-order valence-corrected chi connectivity index (χ4v) is 2.89. The number of methoxy groups -OCH3 is 2. The van der Waals surface area contributed by atoms with E-state index in [1.54, 1.807) is 14.2 Å². The molecule has 0 aliphatic heterocycles. The fourth-order valence-electron chi connectivity index (χ4n) is 2.89. The van der Waals surface area contributed by atoms with E-state index >= 15 is 0 Å². The molecule has 0 aliphatic rings. The number of hydrogen-bond acceptors (Lipinski definition) is 5. The van der Waals surface area contributed by atoms with Crippen LogP contribution in [0.5, 0.6) is 11.5 Å². The molecular formula is C20H35NO4. The Morgan fingerprint density at radius 3 is 2.04 bits per heavy atom. The van der Waals surface area contributed by atoms with Crippen molar-refractivity contribution in [3.8, 4) is 11.5 Å². The standard InChI is InChI=1S/C20H35NO4/c1-15(2)10-21(11-16(3)4)12-18(22)14-25-13-17-7-8-19(23-5)20(9-17)24-6/h7-9,15-16,18,22H,10-14H2,1-6H3/t18-/m1/s1. The lowest BCUT2D eigenvalue weighted by Gasteiger charge is -2.28. The first-order valence-corrected chi connectivity index (χ1v) is 9.04. The summed E-state index contributed by atoms with van der Waals surface area (Å²) in [6.07, 6.45) is -0.488. The monoisotopic (exact) mass is 353 g/mol. The van der Waals surface area contributed by atoms with Gasteiger partial charge in [-0.25, -0.2) is 0 Å². The van der Waals surface area contributed by atoms with E-state index in [-0.39, 0.29) is 0 Å². The molecule has 0 bridgehead atoms. The number of benzene rings is 1. The van der Waals surface area contributed by atoms with E-state index in [0.29, 0.717) is 43.1 Å². The van der Waals surface area contributed by atoms with Crippen molar-refractivity contribution in [1.82, 2.24) is 4.90 Å². The maximum Gasteiger partial charge on any atom is 0.161 e. The van der Waals surface area contributed by atoms with Gasteiger partial charge in [0.1, 0.15) is 0 Å². The second kappa shape index (κ2) is 11.3. The quantitative estimate of drug-likeness (QED) is 0.625. The van der Waals surface area contributed by atoms with Crippen molar-refractivity contribution in [2.45, 2.75) is 40.4 Å². The molecule has 0 unspecified atom stereocenters. The Labute approximate surface area is 152 Å². The largest absolute Gasteiger partial charge is 0.493 e. The molecule has 0 amide bonds. The van der Waals surface area contributed by atoms with E-state index in [9.17, 15) is 5.11 Å². The van der Waals surface area contributed by atoms with Crippen LogP contribution in [0.15, 0.2) is 18.2 Å². The van der Waals surface area contributed by atoms with Crippen molar-refractivity contribution in [3.05, 3.63) is 23.8 Å². The predicted octanol–water partition coefficient (Wildman–Crippen LogP) is 3.20. The van der Waals surface area contributed by atoms with Gasteiger partial charge in [-0.15, -0.1) is 0 Å². The number of aliphatic hydroxyl groups is 1. The van der Waals surface area contributed by atoms with Crippen molar-refractivity contribution in [2.24, 2.45) is 11.8 Å². The van der Waals surface area contributed by atoms with Gasteiger partial charge in [0.05, 0.1) is 33.5 Å². The van der Waals surface area contributed by atoms with Crippen LogP contribution in [0.25, 0.3) is 0 Å². The summed E-state index contributed by atoms with van der Waals surface area (Å²) in [6, 6.07) is 5.70. The van der Waals surface area contributed by atoms with Crippen LogP contribution < -0.4 is 9.47 Å². The zero-order valence-corrected chi connectivity index (χ0v) is 16.6. The highest BCUT2D eigenvalue weighted by molar-refractivity contribution is 5.42. The van der Waals surface area contributed by atoms with Crippen LogP contribution >= 0.6 is 0 Å². The summed E-state index contributed by atoms with van der Waals surface area (Å²) >= 11 is 0. The number of aliphatic hydroxyl groups excluding tert-OH is 1. The highest BCUT2D eigenvalue weighted by Gasteiger charge is 2.15. The maximum absolute atomic E-state index is 10.3. The van der Waals surface area contributed by atoms with Crippen LogP contribution in [0.3, 0.4) is 0 Å². The van der Waals surface area contributed by atoms with Crippen LogP contribution in [0.2, 0.25) is 0 Å². The lowest BCUT2D eigenvalue weighted by atomic mass is 10.1. The predicted molar refractivity (Wildman–Crippen MR) is 101 cm³/mol. The van der Waals surface area contributed by atoms with E-state index in [2.05, 4.69) is 32.6 Å². The number of rotatable bonds is 12. The summed E-state index contributed by atoms with van der Waals surface area (Å²) in [7, 11) is 3.23. The molecule has 0 saturated heterocycles. The Kier molecular flexibility index (Phi) is 9.86. The second-order valence-electron chi connectivity index (χ2n) is 7.36. The molecule has 1 N–H and O–H groups in total. The fraction of sp³-hybridized carbons (Fsp3) is 0.700. The molecule has 1 aromatic carbocycles. The molecule has 0 heterocycles. The highest BCUT2D eigenvalue weighted by atomic mass is 16.5. The van der Waals surface area contributed by atoms with Gasteiger partial charge in [0.25, 0.3) is 0 Å². The van der Waals surface area contributed by atoms with Gasteiger partial charge < -0.3 is 24.2 Å². The van der Waals surface area contributed by atoms with E-state index in [1.807, 2.05) is 18.2 Å². The summed E-state index contributed by atoms with van der Waals surface area (Å²) in [5.74, 6) is 2.55. The highest BCUT2D eigenvalue weighted by Crippen LogP contribution is 2.27. The molecule has 0 fully saturated rings. The van der Waals surface area contributed by atoms with Gasteiger partial charge in [-0.05, 0) is 29.5 Å². The smallest absolute Gasteiger partial charge is 0.161 e. The van der Waals surface area contributed by atoms with Gasteiger partial charge in [0.15, 0.2) is 11.5 Å². The van der Waals surface area contributed by atoms with Crippen LogP contribution in [-0.2, 0) is 11.3 Å². The van der Waals surface area contributed by atoms with Gasteiger partial charge in [-0.1, -0.05) is 33.8 Å². The Bertz CT molecular complexity index is 481. The van der Waals surface area contributed by atoms with Crippen LogP contribution in [0.4, 0.5) is 0 Å². The normalized spacial score (nSPS) is 12.9. The Hall–Kier alpha value is -1.30. The van der Waals surface area contributed by atoms with Crippen molar-refractivity contribution in [1.29, 1.82) is 0 Å². The lowest BCUT2D eigenvalue weighted by molar-refractivity contribution is 0.00639. The topological polar surface area (TPSA) is 51.2 Å². The molecule has 0 aliphatic carbocycles. The van der Waals surface area contributed by atoms with E-state index in [0.717, 1.165) is 18.7 Å². The van der Waals surface area contributed by atoms with Crippen LogP contribution in [0, 0.1) is 11.8 Å². The Morgan fingerprint density at radius 1 is 0.920 bits per heavy atom. The van der Waals surface area contributed by atoms with Crippen LogP contribution in [0.1, 0.15) is 33.3 Å². The molecule has 1 atom stereocenters. The van der Waals surface area contributed by atoms with Crippen LogP contribution in [-0.4, -0.2) is 56.6 Å². The zero-order valence-electron chi connectivity index (χ0n) is 16.6. The van der Waals surface area contributed by atoms with E-state index < -0.39 is 6.10 Å². The molecule has 1 aromatic rings. The summed E-state index contributed by atoms with van der Waals surface area (Å²) < 4.78 is 16.2. The molecule has 5 nitrogen and oxygen atoms in total. The van der Waals surface area contributed by atoms with Crippen molar-refractivity contribution in [3.63, 3.8) is 0 Å². The first-order chi connectivity index (χ1) is 11.8. The molecular weight excluding hydrogens is 318 g/mol. The molecule has 25 heavy (non-hydrogen) atoms. The molecule has 144 valence electrons. The van der Waals surface area contributed by atoms with Gasteiger partial charge in [-0.3, -0.25) is 0 Å². The average Bonchev–Trinajstić information content (AvgIpc) is 2.53. The van der Waals surface area contributed by atoms with Gasteiger partial charge in [0, 0.05) is 19.6 Å². The summed E-state index contributed by atoms with van der Waals surface area (Å²) in [5.41, 5.74) is 0.992. The summed E-state index contributed by atoms with van der Waals surface area (Å²) in [4.78, 5) is 2.32. The zero-order chi connectivity index (χ0) is 18.8. The van der Waals surface area contributed by atoms with E-state index in [1.165, 1.54) is 0 Å². The third kappa shape index (κ3) is 8.56. The molecule has 0 aromatic heterocycles. The van der Waals surface area contributed by atoms with Gasteiger partial charge in [-0.2, -0.15) is 0 Å². The van der Waals surface area contributed by atoms with Gasteiger partial charge in [0.2, 0.25) is 0 Å². The minimum absolute atomic E-state index is 0.320. The average molecular weight is 354 g/mol. The number of ether oxygens (including phenoxy) is 3. The van der Waals surface area contributed by atoms with E-state index in [4.69, 9.17) is 14.2 Å². The molecule has 0 radical (unpaired) electrons. The lowest BCUT2D eigenvalue weighted by Crippen LogP contribution is -2.39. The summed E-state index contributed by atoms with van der Waals surface area (Å²) in [5, 5.41) is 10.3. The summed E-state index contributed by atoms with van der Waals surface area (Å²) in [6.45, 7) is 12.2. The Morgan fingerprint density at radius 2 is 1.52 bits per heavy atom. The van der Waals surface area contributed by atoms with Crippen molar-refractivity contribution < 1.29 is 19.3 Å². The number of nitrogens with zero attached hydrogens (tertiary/aromatic N) is 1. The SMILES string of the molecule is COc1ccc(COC[C@H](O)CN(CC(C)C)CC(C)C)cc1OC. The first kappa shape index (κ1) is 21.7. The molecule has 5 heteroatoms. The number of hydrogen-bond donors (Lipinski definition) is 1. The first-order valence-electron chi connectivity index (χ1n) is 9.04. The Balaban J connectivity index is 2.46. The molecule has 0 spiro atoms. The minimum Gasteiger partial charge on any atom is -0.493 e. The minimum atomic E-state index is -0.488. The third-order valence-electron chi connectivity index (χ3n) is 3.74. The van der Waals surface area contributed by atoms with Crippen molar-refractivity contribution >= 4 is 0 Å². The third-order valence-corrected chi connectivity index (χ3v) is 3.74. The van der Waals surface area contributed by atoms with Crippen molar-refractivity contribution in [2.75, 3.05) is 40.5 Å². The molecule has 1 rings (SSSR count). The second-order valence-corrected chi connectivity index (χ2v) is 7.36. The maximum atomic E-state index is 10.3. The van der Waals surface area contributed by atoms with Gasteiger partial charge >= 0.3 is 0 Å². The molecule has 0 saturated carbocycles.